The molecule has 1 spiro atoms. The minimum absolute atomic E-state index is 0.123. The van der Waals surface area contributed by atoms with Crippen LogP contribution in [0.4, 0.5) is 0 Å². The van der Waals surface area contributed by atoms with Gasteiger partial charge < -0.3 is 26.8 Å². The van der Waals surface area contributed by atoms with Crippen molar-refractivity contribution in [2.75, 3.05) is 19.6 Å². The van der Waals surface area contributed by atoms with E-state index in [9.17, 15) is 14.7 Å². The summed E-state index contributed by atoms with van der Waals surface area (Å²) in [5.41, 5.74) is 7.61. The summed E-state index contributed by atoms with van der Waals surface area (Å²) in [7, 11) is 0. The van der Waals surface area contributed by atoms with E-state index in [2.05, 4.69) is 20.9 Å². The Morgan fingerprint density at radius 1 is 0.925 bits per heavy atom. The Bertz CT molecular complexity index is 1110. The van der Waals surface area contributed by atoms with E-state index in [-0.39, 0.29) is 30.1 Å². The van der Waals surface area contributed by atoms with Crippen molar-refractivity contribution in [3.8, 4) is 5.75 Å². The van der Waals surface area contributed by atoms with Crippen LogP contribution in [0.5, 0.6) is 5.75 Å². The van der Waals surface area contributed by atoms with Gasteiger partial charge in [0, 0.05) is 13.1 Å². The van der Waals surface area contributed by atoms with Crippen molar-refractivity contribution in [2.45, 2.75) is 76.4 Å². The first kappa shape index (κ1) is 29.4. The van der Waals surface area contributed by atoms with Crippen LogP contribution in [0.2, 0.25) is 0 Å². The van der Waals surface area contributed by atoms with Gasteiger partial charge in [-0.1, -0.05) is 61.7 Å². The number of aromatic hydroxyl groups is 1. The number of guanidine groups is 1. The lowest BCUT2D eigenvalue weighted by molar-refractivity contribution is -0.133. The molecule has 9 heteroatoms. The Balaban J connectivity index is 1.46. The van der Waals surface area contributed by atoms with Crippen LogP contribution in [-0.4, -0.2) is 53.5 Å². The number of piperidine rings is 1. The summed E-state index contributed by atoms with van der Waals surface area (Å²) in [5.74, 6) is -0.398. The Kier molecular flexibility index (Phi) is 10.4. The number of benzene rings is 2. The van der Waals surface area contributed by atoms with Gasteiger partial charge in [-0.2, -0.15) is 0 Å². The van der Waals surface area contributed by atoms with Gasteiger partial charge in [-0.05, 0) is 80.3 Å². The van der Waals surface area contributed by atoms with E-state index >= 15 is 0 Å². The van der Waals surface area contributed by atoms with Gasteiger partial charge in [0.2, 0.25) is 11.8 Å². The highest BCUT2D eigenvalue weighted by Crippen LogP contribution is 2.45. The SMILES string of the molecule is N=C(N)NCCC[C@@H](NC(=O)C(c1ccccc1)N1CCC2(CCCCC2)CC1)C(=O)NCc1ccc(O)cc1. The predicted octanol–water partition coefficient (Wildman–Crippen LogP) is 3.54. The average molecular weight is 549 g/mol. The fraction of sp³-hybridized carbons (Fsp3) is 0.516. The van der Waals surface area contributed by atoms with Crippen LogP contribution in [0, 0.1) is 10.8 Å². The molecular weight excluding hydrogens is 504 g/mol. The molecule has 2 atom stereocenters. The number of rotatable bonds is 11. The van der Waals surface area contributed by atoms with Crippen LogP contribution in [0.3, 0.4) is 0 Å². The van der Waals surface area contributed by atoms with E-state index in [1.165, 1.54) is 32.1 Å². The third kappa shape index (κ3) is 8.21. The van der Waals surface area contributed by atoms with Crippen LogP contribution < -0.4 is 21.7 Å². The molecule has 0 aromatic heterocycles. The first-order chi connectivity index (χ1) is 19.3. The second-order valence-corrected chi connectivity index (χ2v) is 11.3. The Morgan fingerprint density at radius 2 is 1.60 bits per heavy atom. The molecule has 1 heterocycles. The largest absolute Gasteiger partial charge is 0.508 e. The van der Waals surface area contributed by atoms with Crippen molar-refractivity contribution in [3.05, 3.63) is 65.7 Å². The summed E-state index contributed by atoms with van der Waals surface area (Å²) in [5, 5.41) is 25.7. The molecule has 0 bridgehead atoms. The average Bonchev–Trinajstić information content (AvgIpc) is 2.96. The van der Waals surface area contributed by atoms with Gasteiger partial charge in [0.05, 0.1) is 0 Å². The number of carbonyl (C=O) groups excluding carboxylic acids is 2. The molecule has 9 nitrogen and oxygen atoms in total. The summed E-state index contributed by atoms with van der Waals surface area (Å²) >= 11 is 0. The predicted molar refractivity (Wildman–Crippen MR) is 157 cm³/mol. The van der Waals surface area contributed by atoms with Crippen molar-refractivity contribution in [3.63, 3.8) is 0 Å². The van der Waals surface area contributed by atoms with E-state index in [0.717, 1.165) is 37.1 Å². The van der Waals surface area contributed by atoms with E-state index in [0.29, 0.717) is 24.8 Å². The highest BCUT2D eigenvalue weighted by atomic mass is 16.3. The highest BCUT2D eigenvalue weighted by molar-refractivity contribution is 5.90. The maximum Gasteiger partial charge on any atom is 0.242 e. The smallest absolute Gasteiger partial charge is 0.242 e. The quantitative estimate of drug-likeness (QED) is 0.144. The number of amides is 2. The minimum atomic E-state index is -0.737. The minimum Gasteiger partial charge on any atom is -0.508 e. The van der Waals surface area contributed by atoms with Gasteiger partial charge in [-0.3, -0.25) is 19.9 Å². The van der Waals surface area contributed by atoms with E-state index in [1.54, 1.807) is 24.3 Å². The van der Waals surface area contributed by atoms with E-state index in [4.69, 9.17) is 11.1 Å². The lowest BCUT2D eigenvalue weighted by Crippen LogP contribution is -2.52. The molecular formula is C31H44N6O3. The van der Waals surface area contributed by atoms with Crippen molar-refractivity contribution in [2.24, 2.45) is 11.1 Å². The van der Waals surface area contributed by atoms with Crippen LogP contribution in [-0.2, 0) is 16.1 Å². The van der Waals surface area contributed by atoms with Gasteiger partial charge in [0.25, 0.3) is 0 Å². The fourth-order valence-electron chi connectivity index (χ4n) is 6.20. The number of likely N-dealkylation sites (tertiary alicyclic amines) is 1. The Labute approximate surface area is 237 Å². The maximum absolute atomic E-state index is 13.9. The van der Waals surface area contributed by atoms with E-state index < -0.39 is 12.1 Å². The zero-order valence-corrected chi connectivity index (χ0v) is 23.3. The number of phenolic OH excluding ortho intramolecular Hbond substituents is 1. The molecule has 40 heavy (non-hydrogen) atoms. The summed E-state index contributed by atoms with van der Waals surface area (Å²) in [6, 6.07) is 15.3. The summed E-state index contributed by atoms with van der Waals surface area (Å²) < 4.78 is 0. The maximum atomic E-state index is 13.9. The first-order valence-electron chi connectivity index (χ1n) is 14.6. The molecule has 0 radical (unpaired) electrons. The molecule has 7 N–H and O–H groups in total. The van der Waals surface area contributed by atoms with Crippen molar-refractivity contribution in [1.29, 1.82) is 5.41 Å². The molecule has 2 aromatic carbocycles. The monoisotopic (exact) mass is 548 g/mol. The number of nitrogens with zero attached hydrogens (tertiary/aromatic N) is 1. The van der Waals surface area contributed by atoms with Crippen LogP contribution in [0.1, 0.15) is 75.0 Å². The Hall–Kier alpha value is -3.59. The summed E-state index contributed by atoms with van der Waals surface area (Å²) in [6.45, 7) is 2.46. The van der Waals surface area contributed by atoms with Gasteiger partial charge >= 0.3 is 0 Å². The molecule has 1 aliphatic heterocycles. The second kappa shape index (κ2) is 14.2. The summed E-state index contributed by atoms with van der Waals surface area (Å²) in [4.78, 5) is 29.5. The number of nitrogens with one attached hydrogen (secondary N) is 4. The standard InChI is InChI=1S/C31H44N6O3/c32-30(33)34-19-7-10-26(28(39)35-22-23-11-13-25(38)14-12-23)36-29(40)27(24-8-3-1-4-9-24)37-20-17-31(18-21-37)15-5-2-6-16-31/h1,3-4,8-9,11-14,26-27,38H,2,5-7,10,15-22H2,(H,35,39)(H,36,40)(H4,32,33,34)/t26-,27?/m1/s1. The van der Waals surface area contributed by atoms with Crippen LogP contribution >= 0.6 is 0 Å². The summed E-state index contributed by atoms with van der Waals surface area (Å²) in [6.07, 6.45) is 9.70. The molecule has 1 aliphatic carbocycles. The van der Waals surface area contributed by atoms with E-state index in [1.807, 2.05) is 30.3 Å². The fourth-order valence-corrected chi connectivity index (χ4v) is 6.20. The zero-order chi connectivity index (χ0) is 28.4. The highest BCUT2D eigenvalue weighted by Gasteiger charge is 2.39. The van der Waals surface area contributed by atoms with Crippen molar-refractivity contribution >= 4 is 17.8 Å². The molecule has 1 saturated carbocycles. The molecule has 2 amide bonds. The normalized spacial score (nSPS) is 18.4. The molecule has 4 rings (SSSR count). The van der Waals surface area contributed by atoms with Crippen molar-refractivity contribution in [1.82, 2.24) is 20.9 Å². The molecule has 2 aliphatic rings. The van der Waals surface area contributed by atoms with Gasteiger partial charge in [0.1, 0.15) is 17.8 Å². The van der Waals surface area contributed by atoms with Crippen LogP contribution in [0.15, 0.2) is 54.6 Å². The number of hydrogen-bond donors (Lipinski definition) is 6. The number of carbonyl (C=O) groups is 2. The zero-order valence-electron chi connectivity index (χ0n) is 23.3. The lowest BCUT2D eigenvalue weighted by atomic mass is 9.68. The first-order valence-corrected chi connectivity index (χ1v) is 14.6. The molecule has 1 saturated heterocycles. The number of nitrogens with two attached hydrogens (primary N) is 1. The van der Waals surface area contributed by atoms with Gasteiger partial charge in [-0.15, -0.1) is 0 Å². The molecule has 2 aromatic rings. The lowest BCUT2D eigenvalue weighted by Gasteiger charge is -2.46. The van der Waals surface area contributed by atoms with Gasteiger partial charge in [-0.25, -0.2) is 0 Å². The molecule has 2 fully saturated rings. The van der Waals surface area contributed by atoms with Crippen molar-refractivity contribution < 1.29 is 14.7 Å². The van der Waals surface area contributed by atoms with Crippen LogP contribution in [0.25, 0.3) is 0 Å². The Morgan fingerprint density at radius 3 is 2.25 bits per heavy atom. The molecule has 216 valence electrons. The van der Waals surface area contributed by atoms with Gasteiger partial charge in [0.15, 0.2) is 5.96 Å². The number of phenols is 1. The third-order valence-electron chi connectivity index (χ3n) is 8.52. The molecule has 1 unspecified atom stereocenters. The third-order valence-corrected chi connectivity index (χ3v) is 8.52. The second-order valence-electron chi connectivity index (χ2n) is 11.3. The number of hydrogen-bond acceptors (Lipinski definition) is 5. The topological polar surface area (TPSA) is 144 Å².